The second-order valence-corrected chi connectivity index (χ2v) is 11.9. The molecule has 2 saturated heterocycles. The molecule has 4 aromatic rings. The lowest BCUT2D eigenvalue weighted by Gasteiger charge is -2.46. The molecular weight excluding hydrogens is 513 g/mol. The molecule has 2 aromatic carbocycles. The maximum atomic E-state index is 15.1. The van der Waals surface area contributed by atoms with Gasteiger partial charge in [-0.1, -0.05) is 24.3 Å². The van der Waals surface area contributed by atoms with Crippen LogP contribution in [0.2, 0.25) is 0 Å². The average molecular weight is 542 g/mol. The van der Waals surface area contributed by atoms with Gasteiger partial charge in [-0.15, -0.1) is 11.8 Å². The Hall–Kier alpha value is -3.97. The van der Waals surface area contributed by atoms with E-state index in [1.54, 1.807) is 37.0 Å². The molecule has 0 aliphatic carbocycles. The molecule has 2 unspecified atom stereocenters. The van der Waals surface area contributed by atoms with Crippen molar-refractivity contribution in [2.45, 2.75) is 31.1 Å². The molecular formula is C29H28FN7OS. The van der Waals surface area contributed by atoms with E-state index in [0.717, 1.165) is 23.1 Å². The molecule has 39 heavy (non-hydrogen) atoms. The molecule has 0 N–H and O–H groups in total. The van der Waals surface area contributed by atoms with E-state index in [9.17, 15) is 10.1 Å². The molecule has 4 heterocycles. The monoisotopic (exact) mass is 541 g/mol. The van der Waals surface area contributed by atoms with Crippen molar-refractivity contribution in [2.75, 3.05) is 30.3 Å². The Balaban J connectivity index is 1.47. The van der Waals surface area contributed by atoms with Crippen molar-refractivity contribution in [1.82, 2.24) is 24.6 Å². The van der Waals surface area contributed by atoms with Gasteiger partial charge in [-0.3, -0.25) is 9.48 Å². The number of carbonyl (C=O) groups is 1. The quantitative estimate of drug-likeness (QED) is 0.372. The standard InChI is InChI=1S/C29H28FN7OS/c1-18-16-36(11-12-37(18)28(38)29(2)10-13-39-29)27-25-21(20-6-4-5-7-23(20)30)8-9-22(26(25)32-17-33-27)24-14-19(15-31)35(3)34-24/h4-9,14,17-18H,10-13,16H2,1-3H3. The van der Waals surface area contributed by atoms with Crippen LogP contribution in [0.1, 0.15) is 26.0 Å². The number of halogens is 1. The molecule has 2 aromatic heterocycles. The summed E-state index contributed by atoms with van der Waals surface area (Å²) in [5.74, 6) is 1.59. The summed E-state index contributed by atoms with van der Waals surface area (Å²) >= 11 is 1.73. The Morgan fingerprint density at radius 3 is 2.59 bits per heavy atom. The van der Waals surface area contributed by atoms with Crippen LogP contribution in [0.25, 0.3) is 33.3 Å². The first-order valence-corrected chi connectivity index (χ1v) is 14.0. The minimum Gasteiger partial charge on any atom is -0.352 e. The first-order valence-electron chi connectivity index (χ1n) is 13.0. The van der Waals surface area contributed by atoms with Crippen LogP contribution in [0.5, 0.6) is 0 Å². The van der Waals surface area contributed by atoms with Gasteiger partial charge in [0, 0.05) is 49.9 Å². The van der Waals surface area contributed by atoms with Crippen molar-refractivity contribution in [3.63, 3.8) is 0 Å². The van der Waals surface area contributed by atoms with Crippen LogP contribution < -0.4 is 4.90 Å². The van der Waals surface area contributed by atoms with Crippen molar-refractivity contribution in [3.05, 3.63) is 60.3 Å². The number of aryl methyl sites for hydroxylation is 1. The van der Waals surface area contributed by atoms with Gasteiger partial charge in [-0.05, 0) is 43.7 Å². The van der Waals surface area contributed by atoms with Gasteiger partial charge in [-0.2, -0.15) is 10.4 Å². The fraction of sp³-hybridized carbons (Fsp3) is 0.345. The van der Waals surface area contributed by atoms with Crippen molar-refractivity contribution in [2.24, 2.45) is 7.05 Å². The van der Waals surface area contributed by atoms with E-state index < -0.39 is 0 Å². The summed E-state index contributed by atoms with van der Waals surface area (Å²) in [5.41, 5.74) is 3.55. The third-order valence-electron chi connectivity index (χ3n) is 7.84. The number of piperazine rings is 1. The molecule has 198 valence electrons. The normalized spacial score (nSPS) is 21.1. The number of anilines is 1. The maximum Gasteiger partial charge on any atom is 0.238 e. The van der Waals surface area contributed by atoms with E-state index >= 15 is 4.39 Å². The van der Waals surface area contributed by atoms with Crippen molar-refractivity contribution in [1.29, 1.82) is 5.26 Å². The lowest BCUT2D eigenvalue weighted by molar-refractivity contribution is -0.136. The van der Waals surface area contributed by atoms with E-state index in [1.807, 2.05) is 30.0 Å². The smallest absolute Gasteiger partial charge is 0.238 e. The summed E-state index contributed by atoms with van der Waals surface area (Å²) in [5, 5.41) is 14.7. The molecule has 8 nitrogen and oxygen atoms in total. The van der Waals surface area contributed by atoms with Crippen molar-refractivity contribution in [3.8, 4) is 28.5 Å². The molecule has 6 rings (SSSR count). The van der Waals surface area contributed by atoms with Crippen molar-refractivity contribution < 1.29 is 9.18 Å². The number of rotatable bonds is 4. The Morgan fingerprint density at radius 2 is 1.92 bits per heavy atom. The molecule has 2 aliphatic rings. The molecule has 2 aliphatic heterocycles. The maximum absolute atomic E-state index is 15.1. The summed E-state index contributed by atoms with van der Waals surface area (Å²) in [6.07, 6.45) is 2.43. The van der Waals surface area contributed by atoms with Crippen LogP contribution in [0.3, 0.4) is 0 Å². The molecule has 1 amide bonds. The van der Waals surface area contributed by atoms with E-state index in [-0.39, 0.29) is 22.5 Å². The number of hydrogen-bond donors (Lipinski definition) is 0. The highest BCUT2D eigenvalue weighted by Gasteiger charge is 2.45. The predicted molar refractivity (Wildman–Crippen MR) is 151 cm³/mol. The molecule has 2 fully saturated rings. The van der Waals surface area contributed by atoms with E-state index in [4.69, 9.17) is 4.98 Å². The van der Waals surface area contributed by atoms with E-state index in [2.05, 4.69) is 28.0 Å². The van der Waals surface area contributed by atoms with Crippen LogP contribution in [0, 0.1) is 17.1 Å². The van der Waals surface area contributed by atoms with Crippen molar-refractivity contribution >= 4 is 34.4 Å². The van der Waals surface area contributed by atoms with Crippen LogP contribution in [0.4, 0.5) is 10.2 Å². The molecule has 10 heteroatoms. The van der Waals surface area contributed by atoms with Gasteiger partial charge in [-0.25, -0.2) is 14.4 Å². The third kappa shape index (κ3) is 4.21. The van der Waals surface area contributed by atoms with Crippen LogP contribution >= 0.6 is 11.8 Å². The van der Waals surface area contributed by atoms with Gasteiger partial charge >= 0.3 is 0 Å². The zero-order valence-electron chi connectivity index (χ0n) is 22.1. The number of thioether (sulfide) groups is 1. The topological polar surface area (TPSA) is 90.9 Å². The predicted octanol–water partition coefficient (Wildman–Crippen LogP) is 4.64. The Kier molecular flexibility index (Phi) is 6.26. The number of carbonyl (C=O) groups excluding carboxylic acids is 1. The highest BCUT2D eigenvalue weighted by Crippen LogP contribution is 2.43. The Morgan fingerprint density at radius 1 is 1.15 bits per heavy atom. The minimum absolute atomic E-state index is 0.0108. The largest absolute Gasteiger partial charge is 0.352 e. The molecule has 0 spiro atoms. The third-order valence-corrected chi connectivity index (χ3v) is 9.27. The van der Waals surface area contributed by atoms with Gasteiger partial charge < -0.3 is 9.80 Å². The van der Waals surface area contributed by atoms with Gasteiger partial charge in [0.25, 0.3) is 0 Å². The molecule has 0 radical (unpaired) electrons. The minimum atomic E-state index is -0.332. The highest BCUT2D eigenvalue weighted by atomic mass is 32.2. The molecule has 0 bridgehead atoms. The van der Waals surface area contributed by atoms with Crippen LogP contribution in [0.15, 0.2) is 48.8 Å². The second-order valence-electron chi connectivity index (χ2n) is 10.3. The van der Waals surface area contributed by atoms with Gasteiger partial charge in [0.1, 0.15) is 29.7 Å². The average Bonchev–Trinajstić information content (AvgIpc) is 3.31. The number of nitrogens with zero attached hydrogens (tertiary/aromatic N) is 7. The lowest BCUT2D eigenvalue weighted by atomic mass is 9.96. The first-order chi connectivity index (χ1) is 18.8. The van der Waals surface area contributed by atoms with Gasteiger partial charge in [0.05, 0.1) is 21.3 Å². The number of nitriles is 1. The van der Waals surface area contributed by atoms with Gasteiger partial charge in [0.2, 0.25) is 5.91 Å². The fourth-order valence-corrected chi connectivity index (χ4v) is 6.60. The summed E-state index contributed by atoms with van der Waals surface area (Å²) < 4.78 is 16.3. The Labute approximate surface area is 230 Å². The lowest BCUT2D eigenvalue weighted by Crippen LogP contribution is -2.60. The summed E-state index contributed by atoms with van der Waals surface area (Å²) in [4.78, 5) is 26.8. The van der Waals surface area contributed by atoms with Gasteiger partial charge in [0.15, 0.2) is 0 Å². The molecule has 2 atom stereocenters. The zero-order chi connectivity index (χ0) is 27.3. The number of aromatic nitrogens is 4. The Bertz CT molecular complexity index is 1640. The highest BCUT2D eigenvalue weighted by molar-refractivity contribution is 8.02. The number of fused-ring (bicyclic) bond motifs is 1. The summed E-state index contributed by atoms with van der Waals surface area (Å²) in [6, 6.07) is 14.3. The number of amides is 1. The second kappa shape index (κ2) is 9.65. The van der Waals surface area contributed by atoms with E-state index in [0.29, 0.717) is 53.5 Å². The zero-order valence-corrected chi connectivity index (χ0v) is 22.9. The van der Waals surface area contributed by atoms with Crippen LogP contribution in [-0.4, -0.2) is 66.7 Å². The first kappa shape index (κ1) is 25.3. The number of benzene rings is 2. The SMILES string of the molecule is CC1CN(c2ncnc3c(-c4cc(C#N)n(C)n4)ccc(-c4ccccc4F)c23)CCN1C(=O)C1(C)CCS1. The summed E-state index contributed by atoms with van der Waals surface area (Å²) in [6.45, 7) is 5.90. The van der Waals surface area contributed by atoms with Crippen LogP contribution in [-0.2, 0) is 11.8 Å². The fourth-order valence-electron chi connectivity index (χ4n) is 5.54. The number of hydrogen-bond acceptors (Lipinski definition) is 7. The summed E-state index contributed by atoms with van der Waals surface area (Å²) in [7, 11) is 1.73. The van der Waals surface area contributed by atoms with E-state index in [1.165, 1.54) is 17.1 Å². The molecule has 0 saturated carbocycles.